The summed E-state index contributed by atoms with van der Waals surface area (Å²) in [6, 6.07) is 0.0633. The normalized spacial score (nSPS) is 24.8. The maximum Gasteiger partial charge on any atom is 0.248 e. The molecule has 1 aliphatic rings. The van der Waals surface area contributed by atoms with Gasteiger partial charge in [-0.25, -0.2) is 8.42 Å². The van der Waals surface area contributed by atoms with Gasteiger partial charge in [-0.05, 0) is 18.8 Å². The van der Waals surface area contributed by atoms with Crippen molar-refractivity contribution >= 4 is 15.8 Å². The fourth-order valence-corrected chi connectivity index (χ4v) is 4.25. The Morgan fingerprint density at radius 3 is 2.68 bits per heavy atom. The average Bonchev–Trinajstić information content (AvgIpc) is 2.68. The Morgan fingerprint density at radius 1 is 1.47 bits per heavy atom. The molecule has 0 bridgehead atoms. The molecule has 1 aliphatic carbocycles. The maximum atomic E-state index is 12.6. The van der Waals surface area contributed by atoms with E-state index >= 15 is 0 Å². The topological polar surface area (TPSA) is 81.2 Å². The lowest BCUT2D eigenvalue weighted by atomic mass is 9.87. The van der Waals surface area contributed by atoms with Crippen molar-refractivity contribution in [3.63, 3.8) is 0 Å². The van der Waals surface area contributed by atoms with E-state index in [1.165, 1.54) is 21.6 Å². The number of anilines is 1. The Balaban J connectivity index is 2.26. The van der Waals surface area contributed by atoms with Gasteiger partial charge < -0.3 is 5.73 Å². The van der Waals surface area contributed by atoms with Crippen LogP contribution in [0.1, 0.15) is 32.6 Å². The molecule has 19 heavy (non-hydrogen) atoms. The van der Waals surface area contributed by atoms with Gasteiger partial charge in [-0.2, -0.15) is 9.40 Å². The molecule has 2 N–H and O–H groups in total. The fourth-order valence-electron chi connectivity index (χ4n) is 2.77. The molecule has 6 nitrogen and oxygen atoms in total. The molecule has 1 fully saturated rings. The van der Waals surface area contributed by atoms with Crippen molar-refractivity contribution in [3.05, 3.63) is 6.20 Å². The number of aromatic nitrogens is 2. The van der Waals surface area contributed by atoms with Crippen LogP contribution in [-0.4, -0.2) is 35.6 Å². The third-order valence-corrected chi connectivity index (χ3v) is 5.83. The molecule has 0 radical (unpaired) electrons. The summed E-state index contributed by atoms with van der Waals surface area (Å²) < 4.78 is 28.0. The summed E-state index contributed by atoms with van der Waals surface area (Å²) in [5.74, 6) is 0.640. The van der Waals surface area contributed by atoms with E-state index < -0.39 is 10.0 Å². The van der Waals surface area contributed by atoms with Crippen LogP contribution < -0.4 is 5.73 Å². The quantitative estimate of drug-likeness (QED) is 0.905. The molecular weight excluding hydrogens is 264 g/mol. The molecule has 0 amide bonds. The van der Waals surface area contributed by atoms with Gasteiger partial charge in [0.2, 0.25) is 10.0 Å². The molecule has 7 heteroatoms. The van der Waals surface area contributed by atoms with E-state index in [-0.39, 0.29) is 16.8 Å². The van der Waals surface area contributed by atoms with Gasteiger partial charge in [0.25, 0.3) is 0 Å². The summed E-state index contributed by atoms with van der Waals surface area (Å²) in [4.78, 5) is 0.107. The summed E-state index contributed by atoms with van der Waals surface area (Å²) in [6.45, 7) is 2.17. The van der Waals surface area contributed by atoms with Crippen LogP contribution in [0.5, 0.6) is 0 Å². The zero-order chi connectivity index (χ0) is 14.2. The van der Waals surface area contributed by atoms with Crippen LogP contribution >= 0.6 is 0 Å². The van der Waals surface area contributed by atoms with E-state index in [1.54, 1.807) is 14.1 Å². The molecule has 1 heterocycles. The highest BCUT2D eigenvalue weighted by Gasteiger charge is 2.33. The van der Waals surface area contributed by atoms with Gasteiger partial charge in [0.15, 0.2) is 5.82 Å². The van der Waals surface area contributed by atoms with Crippen molar-refractivity contribution in [3.8, 4) is 0 Å². The largest absolute Gasteiger partial charge is 0.381 e. The van der Waals surface area contributed by atoms with Gasteiger partial charge in [0.05, 0.1) is 0 Å². The summed E-state index contributed by atoms with van der Waals surface area (Å²) in [6.07, 6.45) is 5.55. The summed E-state index contributed by atoms with van der Waals surface area (Å²) >= 11 is 0. The minimum absolute atomic E-state index is 0.0633. The Morgan fingerprint density at radius 2 is 2.16 bits per heavy atom. The SMILES string of the molecule is CC1CCCC(N(C)S(=O)(=O)c2cn(C)nc2N)C1. The first-order valence-corrected chi connectivity index (χ1v) is 8.03. The first-order valence-electron chi connectivity index (χ1n) is 6.59. The van der Waals surface area contributed by atoms with Gasteiger partial charge in [0, 0.05) is 26.3 Å². The predicted molar refractivity (Wildman–Crippen MR) is 74.0 cm³/mol. The van der Waals surface area contributed by atoms with Crippen LogP contribution in [0, 0.1) is 5.92 Å². The van der Waals surface area contributed by atoms with Gasteiger partial charge in [0.1, 0.15) is 4.90 Å². The molecule has 0 spiro atoms. The van der Waals surface area contributed by atoms with Crippen molar-refractivity contribution in [1.82, 2.24) is 14.1 Å². The number of rotatable bonds is 3. The minimum Gasteiger partial charge on any atom is -0.381 e. The molecule has 2 unspecified atom stereocenters. The molecular formula is C12H22N4O2S. The zero-order valence-electron chi connectivity index (χ0n) is 11.7. The highest BCUT2D eigenvalue weighted by atomic mass is 32.2. The number of hydrogen-bond donors (Lipinski definition) is 1. The Bertz CT molecular complexity index is 552. The van der Waals surface area contributed by atoms with Gasteiger partial charge in [-0.3, -0.25) is 4.68 Å². The number of nitrogens with zero attached hydrogens (tertiary/aromatic N) is 3. The first-order chi connectivity index (χ1) is 8.82. The third-order valence-electron chi connectivity index (χ3n) is 3.90. The Kier molecular flexibility index (Phi) is 3.87. The molecule has 1 aromatic heterocycles. The second kappa shape index (κ2) is 5.13. The van der Waals surface area contributed by atoms with E-state index in [9.17, 15) is 8.42 Å². The zero-order valence-corrected chi connectivity index (χ0v) is 12.5. The summed E-state index contributed by atoms with van der Waals surface area (Å²) in [7, 11) is -0.239. The molecule has 1 saturated carbocycles. The lowest BCUT2D eigenvalue weighted by molar-refractivity contribution is 0.239. The van der Waals surface area contributed by atoms with E-state index in [1.807, 2.05) is 0 Å². The molecule has 1 aromatic rings. The highest BCUT2D eigenvalue weighted by Crippen LogP contribution is 2.30. The van der Waals surface area contributed by atoms with Gasteiger partial charge >= 0.3 is 0 Å². The van der Waals surface area contributed by atoms with Crippen LogP contribution in [0.15, 0.2) is 11.1 Å². The molecule has 0 saturated heterocycles. The van der Waals surface area contributed by atoms with Crippen LogP contribution in [0.2, 0.25) is 0 Å². The van der Waals surface area contributed by atoms with Gasteiger partial charge in [-0.15, -0.1) is 0 Å². The second-order valence-electron chi connectivity index (χ2n) is 5.50. The predicted octanol–water partition coefficient (Wildman–Crippen LogP) is 1.20. The first kappa shape index (κ1) is 14.3. The Labute approximate surface area is 114 Å². The van der Waals surface area contributed by atoms with Crippen LogP contribution in [0.25, 0.3) is 0 Å². The molecule has 0 aromatic carbocycles. The highest BCUT2D eigenvalue weighted by molar-refractivity contribution is 7.89. The lowest BCUT2D eigenvalue weighted by Crippen LogP contribution is -2.39. The minimum atomic E-state index is -3.55. The van der Waals surface area contributed by atoms with Crippen molar-refractivity contribution in [2.45, 2.75) is 43.5 Å². The maximum absolute atomic E-state index is 12.6. The average molecular weight is 286 g/mol. The van der Waals surface area contributed by atoms with E-state index in [2.05, 4.69) is 12.0 Å². The second-order valence-corrected chi connectivity index (χ2v) is 7.47. The van der Waals surface area contributed by atoms with Crippen molar-refractivity contribution < 1.29 is 8.42 Å². The number of nitrogen functional groups attached to an aromatic ring is 1. The monoisotopic (exact) mass is 286 g/mol. The molecule has 108 valence electrons. The number of hydrogen-bond acceptors (Lipinski definition) is 4. The van der Waals surface area contributed by atoms with Crippen molar-refractivity contribution in [2.24, 2.45) is 13.0 Å². The fraction of sp³-hybridized carbons (Fsp3) is 0.750. The number of nitrogens with two attached hydrogens (primary N) is 1. The standard InChI is InChI=1S/C12H22N4O2S/c1-9-5-4-6-10(7-9)16(3)19(17,18)11-8-15(2)14-12(11)13/h8-10H,4-7H2,1-3H3,(H2,13,14). The summed E-state index contributed by atoms with van der Waals surface area (Å²) in [5, 5.41) is 3.91. The number of aryl methyl sites for hydroxylation is 1. The number of sulfonamides is 1. The Hall–Kier alpha value is -1.08. The van der Waals surface area contributed by atoms with Crippen LogP contribution in [0.4, 0.5) is 5.82 Å². The van der Waals surface area contributed by atoms with Crippen LogP contribution in [0.3, 0.4) is 0 Å². The van der Waals surface area contributed by atoms with E-state index in [0.29, 0.717) is 5.92 Å². The van der Waals surface area contributed by atoms with Crippen LogP contribution in [-0.2, 0) is 17.1 Å². The smallest absolute Gasteiger partial charge is 0.248 e. The van der Waals surface area contributed by atoms with Crippen molar-refractivity contribution in [1.29, 1.82) is 0 Å². The third kappa shape index (κ3) is 2.76. The molecule has 0 aliphatic heterocycles. The van der Waals surface area contributed by atoms with Crippen molar-refractivity contribution in [2.75, 3.05) is 12.8 Å². The molecule has 2 rings (SSSR count). The lowest BCUT2D eigenvalue weighted by Gasteiger charge is -2.33. The summed E-state index contributed by atoms with van der Waals surface area (Å²) in [5.41, 5.74) is 5.68. The van der Waals surface area contributed by atoms with Gasteiger partial charge in [-0.1, -0.05) is 19.8 Å². The van der Waals surface area contributed by atoms with E-state index in [0.717, 1.165) is 19.3 Å². The van der Waals surface area contributed by atoms with E-state index in [4.69, 9.17) is 5.73 Å². The molecule has 2 atom stereocenters.